The molecular weight excluding hydrogens is 456 g/mol. The largest absolute Gasteiger partial charge is 0.493 e. The van der Waals surface area contributed by atoms with E-state index in [2.05, 4.69) is 50.1 Å². The number of likely N-dealkylation sites (tertiary alicyclic amines) is 1. The van der Waals surface area contributed by atoms with Crippen molar-refractivity contribution >= 4 is 44.5 Å². The standard InChI is InChI=1S/C24H27BrN4O2/c1-27(15-16-28-13-5-2-6-14-28)19-11-9-18(10-12-19)26-17-22-20-7-3-4-8-21(20)23(30)29(25)24(22)31/h3-4,7-12,17,31H,2,5-6,13-16H2,1H3. The van der Waals surface area contributed by atoms with Gasteiger partial charge in [-0.15, -0.1) is 0 Å². The number of aromatic hydroxyl groups is 1. The molecule has 0 amide bonds. The zero-order chi connectivity index (χ0) is 21.8. The second-order valence-electron chi connectivity index (χ2n) is 7.97. The fraction of sp³-hybridized carbons (Fsp3) is 0.333. The monoisotopic (exact) mass is 482 g/mol. The molecule has 3 aromatic rings. The van der Waals surface area contributed by atoms with Gasteiger partial charge in [0.2, 0.25) is 5.88 Å². The Bertz CT molecular complexity index is 1130. The second-order valence-corrected chi connectivity index (χ2v) is 8.68. The molecule has 4 rings (SSSR count). The molecule has 1 aliphatic rings. The first-order valence-corrected chi connectivity index (χ1v) is 11.4. The van der Waals surface area contributed by atoms with Gasteiger partial charge in [-0.1, -0.05) is 24.6 Å². The van der Waals surface area contributed by atoms with Gasteiger partial charge in [-0.3, -0.25) is 9.79 Å². The summed E-state index contributed by atoms with van der Waals surface area (Å²) < 4.78 is 1.07. The summed E-state index contributed by atoms with van der Waals surface area (Å²) in [5, 5.41) is 11.6. The first-order valence-electron chi connectivity index (χ1n) is 10.6. The van der Waals surface area contributed by atoms with Gasteiger partial charge < -0.3 is 14.9 Å². The number of hydrogen-bond donors (Lipinski definition) is 1. The van der Waals surface area contributed by atoms with E-state index in [4.69, 9.17) is 0 Å². The number of halogens is 1. The lowest BCUT2D eigenvalue weighted by Crippen LogP contribution is -2.36. The number of hydrogen-bond acceptors (Lipinski definition) is 5. The Kier molecular flexibility index (Phi) is 6.73. The summed E-state index contributed by atoms with van der Waals surface area (Å²) in [5.74, 6) is -0.165. The highest BCUT2D eigenvalue weighted by Gasteiger charge is 2.13. The summed E-state index contributed by atoms with van der Waals surface area (Å²) in [4.78, 5) is 21.7. The molecule has 1 aromatic heterocycles. The van der Waals surface area contributed by atoms with E-state index in [-0.39, 0.29) is 11.4 Å². The first kappa shape index (κ1) is 21.6. The van der Waals surface area contributed by atoms with Gasteiger partial charge in [0, 0.05) is 42.8 Å². The average Bonchev–Trinajstić information content (AvgIpc) is 2.82. The Morgan fingerprint density at radius 2 is 1.74 bits per heavy atom. The minimum absolute atomic E-state index is 0.165. The van der Waals surface area contributed by atoms with E-state index in [1.807, 2.05) is 24.3 Å². The highest BCUT2D eigenvalue weighted by Crippen LogP contribution is 2.26. The maximum atomic E-state index is 12.3. The first-order chi connectivity index (χ1) is 15.0. The molecule has 0 aliphatic carbocycles. The van der Waals surface area contributed by atoms with Crippen molar-refractivity contribution in [2.75, 3.05) is 38.1 Å². The van der Waals surface area contributed by atoms with Crippen LogP contribution in [0.25, 0.3) is 10.8 Å². The molecule has 0 saturated carbocycles. The molecule has 6 nitrogen and oxygen atoms in total. The summed E-state index contributed by atoms with van der Waals surface area (Å²) in [6.07, 6.45) is 5.59. The van der Waals surface area contributed by atoms with Crippen molar-refractivity contribution in [1.82, 2.24) is 8.49 Å². The third kappa shape index (κ3) is 4.83. The van der Waals surface area contributed by atoms with E-state index >= 15 is 0 Å². The van der Waals surface area contributed by atoms with Crippen molar-refractivity contribution in [1.29, 1.82) is 0 Å². The highest BCUT2D eigenvalue weighted by atomic mass is 79.9. The molecule has 1 saturated heterocycles. The lowest BCUT2D eigenvalue weighted by Gasteiger charge is -2.29. The average molecular weight is 483 g/mol. The van der Waals surface area contributed by atoms with Gasteiger partial charge in [-0.05, 0) is 56.3 Å². The fourth-order valence-electron chi connectivity index (χ4n) is 4.00. The van der Waals surface area contributed by atoms with E-state index in [0.717, 1.165) is 28.1 Å². The quantitative estimate of drug-likeness (QED) is 0.524. The molecule has 162 valence electrons. The van der Waals surface area contributed by atoms with Gasteiger partial charge in [-0.2, -0.15) is 0 Å². The van der Waals surface area contributed by atoms with E-state index in [1.165, 1.54) is 32.4 Å². The molecule has 7 heteroatoms. The summed E-state index contributed by atoms with van der Waals surface area (Å²) in [6.45, 7) is 4.51. The van der Waals surface area contributed by atoms with Crippen LogP contribution in [0.15, 0.2) is 58.3 Å². The number of pyridine rings is 1. The minimum Gasteiger partial charge on any atom is -0.493 e. The topological polar surface area (TPSA) is 61.1 Å². The van der Waals surface area contributed by atoms with Gasteiger partial charge >= 0.3 is 0 Å². The van der Waals surface area contributed by atoms with Crippen LogP contribution in [0.5, 0.6) is 5.88 Å². The number of fused-ring (bicyclic) bond motifs is 1. The number of aliphatic imine (C=N–C) groups is 1. The maximum Gasteiger partial charge on any atom is 0.271 e. The lowest BCUT2D eigenvalue weighted by atomic mass is 10.1. The predicted octanol–water partition coefficient (Wildman–Crippen LogP) is 4.54. The molecule has 0 spiro atoms. The summed E-state index contributed by atoms with van der Waals surface area (Å²) in [7, 11) is 2.12. The smallest absolute Gasteiger partial charge is 0.271 e. The number of aromatic nitrogens is 1. The number of piperidine rings is 1. The Balaban J connectivity index is 1.49. The van der Waals surface area contributed by atoms with Crippen molar-refractivity contribution in [3.8, 4) is 5.88 Å². The lowest BCUT2D eigenvalue weighted by molar-refractivity contribution is 0.234. The normalized spacial score (nSPS) is 15.0. The van der Waals surface area contributed by atoms with Crippen LogP contribution in [0.1, 0.15) is 24.8 Å². The van der Waals surface area contributed by atoms with Gasteiger partial charge in [0.1, 0.15) is 0 Å². The van der Waals surface area contributed by atoms with Gasteiger partial charge in [0.05, 0.1) is 27.4 Å². The van der Waals surface area contributed by atoms with Crippen molar-refractivity contribution in [3.63, 3.8) is 0 Å². The number of benzene rings is 2. The van der Waals surface area contributed by atoms with Gasteiger partial charge in [0.25, 0.3) is 5.56 Å². The molecule has 0 unspecified atom stereocenters. The van der Waals surface area contributed by atoms with Crippen LogP contribution in [-0.4, -0.2) is 53.0 Å². The van der Waals surface area contributed by atoms with Crippen LogP contribution < -0.4 is 10.5 Å². The Morgan fingerprint density at radius 1 is 1.06 bits per heavy atom. The second kappa shape index (κ2) is 9.66. The van der Waals surface area contributed by atoms with Gasteiger partial charge in [0.15, 0.2) is 0 Å². The summed E-state index contributed by atoms with van der Waals surface area (Å²) in [5.41, 5.74) is 2.12. The number of anilines is 1. The van der Waals surface area contributed by atoms with Gasteiger partial charge in [-0.25, -0.2) is 3.59 Å². The van der Waals surface area contributed by atoms with Crippen molar-refractivity contribution in [2.24, 2.45) is 4.99 Å². The predicted molar refractivity (Wildman–Crippen MR) is 131 cm³/mol. The van der Waals surface area contributed by atoms with Crippen LogP contribution >= 0.6 is 16.1 Å². The zero-order valence-corrected chi connectivity index (χ0v) is 19.3. The van der Waals surface area contributed by atoms with Crippen LogP contribution in [0.4, 0.5) is 11.4 Å². The van der Waals surface area contributed by atoms with E-state index in [0.29, 0.717) is 16.3 Å². The molecule has 1 aliphatic heterocycles. The SMILES string of the molecule is CN(CCN1CCCCC1)c1ccc(N=Cc2c(O)n(Br)c(=O)c3ccccc23)cc1. The molecule has 1 N–H and O–H groups in total. The fourth-order valence-corrected chi connectivity index (χ4v) is 4.38. The van der Waals surface area contributed by atoms with Crippen LogP contribution in [0, 0.1) is 0 Å². The molecule has 0 atom stereocenters. The van der Waals surface area contributed by atoms with Crippen molar-refractivity contribution < 1.29 is 5.11 Å². The van der Waals surface area contributed by atoms with Crippen molar-refractivity contribution in [2.45, 2.75) is 19.3 Å². The maximum absolute atomic E-state index is 12.3. The number of rotatable bonds is 6. The molecule has 31 heavy (non-hydrogen) atoms. The summed E-state index contributed by atoms with van der Waals surface area (Å²) >= 11 is 3.13. The Morgan fingerprint density at radius 3 is 2.45 bits per heavy atom. The number of nitrogens with zero attached hydrogens (tertiary/aromatic N) is 4. The molecular formula is C24H27BrN4O2. The van der Waals surface area contributed by atoms with Crippen molar-refractivity contribution in [3.05, 3.63) is 64.4 Å². The van der Waals surface area contributed by atoms with Crippen LogP contribution in [-0.2, 0) is 0 Å². The number of likely N-dealkylation sites (N-methyl/N-ethyl adjacent to an activating group) is 1. The molecule has 0 radical (unpaired) electrons. The van der Waals surface area contributed by atoms with E-state index in [9.17, 15) is 9.90 Å². The minimum atomic E-state index is -0.304. The third-order valence-electron chi connectivity index (χ3n) is 5.89. The van der Waals surface area contributed by atoms with E-state index < -0.39 is 0 Å². The molecule has 0 bridgehead atoms. The van der Waals surface area contributed by atoms with Crippen LogP contribution in [0.2, 0.25) is 0 Å². The van der Waals surface area contributed by atoms with E-state index in [1.54, 1.807) is 18.3 Å². The van der Waals surface area contributed by atoms with Crippen LogP contribution in [0.3, 0.4) is 0 Å². The Labute approximate surface area is 190 Å². The zero-order valence-electron chi connectivity index (χ0n) is 17.7. The molecule has 1 fully saturated rings. The Hall–Kier alpha value is -2.64. The third-order valence-corrected chi connectivity index (χ3v) is 6.54. The summed E-state index contributed by atoms with van der Waals surface area (Å²) in [6, 6.07) is 15.2. The molecule has 2 aromatic carbocycles. The molecule has 2 heterocycles. The highest BCUT2D eigenvalue weighted by molar-refractivity contribution is 9.08.